The number of nitrogens with one attached hydrogen (secondary N) is 1. The van der Waals surface area contributed by atoms with Gasteiger partial charge in [0.15, 0.2) is 10.8 Å². The van der Waals surface area contributed by atoms with Crippen LogP contribution in [0.3, 0.4) is 0 Å². The van der Waals surface area contributed by atoms with Crippen molar-refractivity contribution < 1.29 is 41.8 Å². The molecular formula is C28H30ClF4N5O5S. The van der Waals surface area contributed by atoms with Gasteiger partial charge >= 0.3 is 11.9 Å². The van der Waals surface area contributed by atoms with Crippen molar-refractivity contribution >= 4 is 40.7 Å². The molecule has 2 N–H and O–H groups in total. The minimum atomic E-state index is -3.38. The molecule has 1 aromatic heterocycles. The Labute approximate surface area is 259 Å². The minimum Gasteiger partial charge on any atom is -0.481 e. The molecule has 0 aliphatic carbocycles. The van der Waals surface area contributed by atoms with Crippen LogP contribution in [0, 0.1) is 11.2 Å². The number of carbonyl (C=O) groups is 2. The highest BCUT2D eigenvalue weighted by molar-refractivity contribution is 7.11. The first-order chi connectivity index (χ1) is 20.8. The number of aliphatic carboxylic acids is 1. The van der Waals surface area contributed by atoms with Crippen molar-refractivity contribution in [2.24, 2.45) is 10.4 Å². The number of nitrogens with zero attached hydrogens (tertiary/aromatic N) is 4. The number of hydrogen-bond donors (Lipinski definition) is 2. The van der Waals surface area contributed by atoms with Crippen LogP contribution >= 0.6 is 22.9 Å². The summed E-state index contributed by atoms with van der Waals surface area (Å²) in [4.78, 5) is 40.7. The average Bonchev–Trinajstić information content (AvgIpc) is 3.69. The lowest BCUT2D eigenvalue weighted by Gasteiger charge is -2.31. The lowest BCUT2D eigenvalue weighted by atomic mass is 9.87. The van der Waals surface area contributed by atoms with E-state index in [4.69, 9.17) is 21.2 Å². The quantitative estimate of drug-likeness (QED) is 0.286. The molecule has 1 aromatic carbocycles. The van der Waals surface area contributed by atoms with Gasteiger partial charge in [0, 0.05) is 29.4 Å². The van der Waals surface area contributed by atoms with E-state index in [2.05, 4.69) is 15.3 Å². The number of halogens is 5. The fourth-order valence-electron chi connectivity index (χ4n) is 5.45. The third-order valence-corrected chi connectivity index (χ3v) is 9.15. The number of hydroxylamine groups is 2. The lowest BCUT2D eigenvalue weighted by molar-refractivity contribution is -0.196. The van der Waals surface area contributed by atoms with Crippen LogP contribution in [0.1, 0.15) is 37.4 Å². The van der Waals surface area contributed by atoms with Gasteiger partial charge in [-0.15, -0.1) is 11.3 Å². The molecule has 0 unspecified atom stereocenters. The number of alkyl halides is 3. The highest BCUT2D eigenvalue weighted by Gasteiger charge is 2.61. The van der Waals surface area contributed by atoms with Gasteiger partial charge in [-0.2, -0.15) is 5.06 Å². The van der Waals surface area contributed by atoms with Gasteiger partial charge in [-0.3, -0.25) is 19.5 Å². The standard InChI is InChI=1S/C28H30ClF4N5O5S/c1-4-42-25(39)19-16(35-23(24-34-8-9-44-24)36-21(19)14-6-5-7-15(30)20(14)29)10-37-13-28(32,33)22-17(37)12-43-38(22)11-18(31)27(2,3)26(40)41/h5-9,17-18,21-22H,4,10-13H2,1-3H3,(H,35,36)(H,40,41)/t17-,18+,21-,22+/m0/s1. The summed E-state index contributed by atoms with van der Waals surface area (Å²) in [5, 5.41) is 15.1. The number of rotatable bonds is 10. The summed E-state index contributed by atoms with van der Waals surface area (Å²) >= 11 is 7.57. The molecule has 2 aromatic rings. The van der Waals surface area contributed by atoms with Crippen molar-refractivity contribution in [3.63, 3.8) is 0 Å². The number of esters is 1. The van der Waals surface area contributed by atoms with E-state index in [1.54, 1.807) is 18.5 Å². The first-order valence-electron chi connectivity index (χ1n) is 13.7. The van der Waals surface area contributed by atoms with E-state index in [9.17, 15) is 19.1 Å². The first kappa shape index (κ1) is 32.3. The molecule has 0 bridgehead atoms. The van der Waals surface area contributed by atoms with Gasteiger partial charge < -0.3 is 15.2 Å². The zero-order valence-corrected chi connectivity index (χ0v) is 25.5. The van der Waals surface area contributed by atoms with Gasteiger partial charge in [0.1, 0.15) is 24.1 Å². The predicted molar refractivity (Wildman–Crippen MR) is 153 cm³/mol. The maximum Gasteiger partial charge on any atom is 0.338 e. The van der Waals surface area contributed by atoms with Gasteiger partial charge in [0.25, 0.3) is 5.92 Å². The molecule has 0 saturated carbocycles. The van der Waals surface area contributed by atoms with Gasteiger partial charge in [0.05, 0.1) is 48.4 Å². The van der Waals surface area contributed by atoms with E-state index in [1.807, 2.05) is 0 Å². The summed E-state index contributed by atoms with van der Waals surface area (Å²) in [5.41, 5.74) is -1.55. The van der Waals surface area contributed by atoms with Crippen molar-refractivity contribution in [2.45, 2.75) is 51.0 Å². The van der Waals surface area contributed by atoms with Crippen LogP contribution in [0.15, 0.2) is 46.0 Å². The molecule has 238 valence electrons. The third kappa shape index (κ3) is 5.95. The number of amidine groups is 1. The Bertz CT molecular complexity index is 1490. The van der Waals surface area contributed by atoms with Crippen molar-refractivity contribution in [3.8, 4) is 0 Å². The second-order valence-corrected chi connectivity index (χ2v) is 12.4. The first-order valence-corrected chi connectivity index (χ1v) is 15.0. The van der Waals surface area contributed by atoms with Crippen LogP contribution in [-0.2, 0) is 19.2 Å². The highest BCUT2D eigenvalue weighted by Crippen LogP contribution is 2.43. The Kier molecular flexibility index (Phi) is 9.06. The molecule has 16 heteroatoms. The predicted octanol–water partition coefficient (Wildman–Crippen LogP) is 4.23. The zero-order chi connectivity index (χ0) is 32.0. The monoisotopic (exact) mass is 659 g/mol. The molecule has 0 radical (unpaired) electrons. The van der Waals surface area contributed by atoms with E-state index in [1.165, 1.54) is 42.2 Å². The number of fused-ring (bicyclic) bond motifs is 1. The van der Waals surface area contributed by atoms with Gasteiger partial charge in [-0.25, -0.2) is 27.3 Å². The Morgan fingerprint density at radius 1 is 1.36 bits per heavy atom. The largest absolute Gasteiger partial charge is 0.481 e. The fraction of sp³-hybridized carbons (Fsp3) is 0.500. The molecule has 4 atom stereocenters. The topological polar surface area (TPSA) is 117 Å². The molecule has 10 nitrogen and oxygen atoms in total. The van der Waals surface area contributed by atoms with Crippen LogP contribution < -0.4 is 5.32 Å². The van der Waals surface area contributed by atoms with Crippen LogP contribution in [0.2, 0.25) is 5.02 Å². The van der Waals surface area contributed by atoms with E-state index in [-0.39, 0.29) is 47.5 Å². The fourth-order valence-corrected chi connectivity index (χ4v) is 6.27. The average molecular weight is 660 g/mol. The normalized spacial score (nSPS) is 24.5. The SMILES string of the molecule is CCOC(=O)C1=C(CN2CC(F)(F)[C@H]3[C@@H]2CON3C[C@@H](F)C(C)(C)C(=O)O)NC(c2nccs2)=N[C@H]1c1cccc(F)c1Cl. The number of aliphatic imine (C=N–C) groups is 1. The molecule has 0 spiro atoms. The molecular weight excluding hydrogens is 630 g/mol. The lowest BCUT2D eigenvalue weighted by Crippen LogP contribution is -2.50. The number of thiazole rings is 1. The van der Waals surface area contributed by atoms with Crippen molar-refractivity contribution in [2.75, 3.05) is 32.8 Å². The number of hydrogen-bond acceptors (Lipinski definition) is 10. The maximum atomic E-state index is 15.6. The molecule has 3 aliphatic rings. The molecule has 3 aliphatic heterocycles. The highest BCUT2D eigenvalue weighted by atomic mass is 35.5. The summed E-state index contributed by atoms with van der Waals surface area (Å²) in [6, 6.07) is 0.399. The summed E-state index contributed by atoms with van der Waals surface area (Å²) in [6.07, 6.45) is -0.464. The molecule has 5 rings (SSSR count). The molecule has 44 heavy (non-hydrogen) atoms. The van der Waals surface area contributed by atoms with Crippen LogP contribution in [0.4, 0.5) is 17.6 Å². The number of ether oxygens (including phenoxy) is 1. The zero-order valence-electron chi connectivity index (χ0n) is 23.9. The van der Waals surface area contributed by atoms with Crippen LogP contribution in [-0.4, -0.2) is 94.9 Å². The van der Waals surface area contributed by atoms with Crippen molar-refractivity contribution in [3.05, 3.63) is 62.5 Å². The Balaban J connectivity index is 1.51. The summed E-state index contributed by atoms with van der Waals surface area (Å²) in [5.74, 6) is -6.11. The third-order valence-electron chi connectivity index (χ3n) is 7.97. The van der Waals surface area contributed by atoms with Gasteiger partial charge in [0.2, 0.25) is 0 Å². The number of carboxylic acid groups (broad SMARTS) is 1. The molecule has 2 fully saturated rings. The van der Waals surface area contributed by atoms with Gasteiger partial charge in [-0.05, 0) is 26.8 Å². The van der Waals surface area contributed by atoms with Crippen molar-refractivity contribution in [1.29, 1.82) is 0 Å². The van der Waals surface area contributed by atoms with Gasteiger partial charge in [-0.1, -0.05) is 23.7 Å². The van der Waals surface area contributed by atoms with E-state index in [0.717, 1.165) is 11.1 Å². The maximum absolute atomic E-state index is 15.6. The molecule has 4 heterocycles. The number of carboxylic acids is 1. The summed E-state index contributed by atoms with van der Waals surface area (Å²) in [7, 11) is 0. The minimum absolute atomic E-state index is 0.00532. The second kappa shape index (κ2) is 12.4. The van der Waals surface area contributed by atoms with E-state index >= 15 is 13.2 Å². The smallest absolute Gasteiger partial charge is 0.338 e. The van der Waals surface area contributed by atoms with Crippen LogP contribution in [0.5, 0.6) is 0 Å². The summed E-state index contributed by atoms with van der Waals surface area (Å²) in [6.45, 7) is 2.03. The number of aromatic nitrogens is 1. The summed E-state index contributed by atoms with van der Waals surface area (Å²) < 4.78 is 66.0. The number of benzene rings is 1. The Hall–Kier alpha value is -3.11. The van der Waals surface area contributed by atoms with E-state index < -0.39 is 66.5 Å². The Morgan fingerprint density at radius 2 is 2.11 bits per heavy atom. The van der Waals surface area contributed by atoms with E-state index in [0.29, 0.717) is 5.01 Å². The number of likely N-dealkylation sites (tertiary alicyclic amines) is 1. The molecule has 2 saturated heterocycles. The number of carbonyl (C=O) groups excluding carboxylic acids is 1. The van der Waals surface area contributed by atoms with Crippen molar-refractivity contribution in [1.82, 2.24) is 20.3 Å². The second-order valence-electron chi connectivity index (χ2n) is 11.2. The Morgan fingerprint density at radius 3 is 2.77 bits per heavy atom. The molecule has 0 amide bonds. The van der Waals surface area contributed by atoms with Crippen LogP contribution in [0.25, 0.3) is 0 Å².